The molecule has 21 heavy (non-hydrogen) atoms. The summed E-state index contributed by atoms with van der Waals surface area (Å²) >= 11 is 3.76. The Balaban J connectivity index is 1.52. The molecule has 1 heterocycles. The largest absolute Gasteiger partial charge is 0.248 e. The Morgan fingerprint density at radius 3 is 2.14 bits per heavy atom. The van der Waals surface area contributed by atoms with Crippen molar-refractivity contribution in [1.82, 2.24) is 0 Å². The van der Waals surface area contributed by atoms with Gasteiger partial charge in [-0.3, -0.25) is 0 Å². The van der Waals surface area contributed by atoms with E-state index in [1.807, 2.05) is 0 Å². The van der Waals surface area contributed by atoms with Gasteiger partial charge >= 0.3 is 0 Å². The number of hydrogen-bond donors (Lipinski definition) is 0. The molecule has 0 radical (unpaired) electrons. The van der Waals surface area contributed by atoms with Crippen LogP contribution in [0.25, 0.3) is 0 Å². The Labute approximate surface area is 141 Å². The summed E-state index contributed by atoms with van der Waals surface area (Å²) in [5.41, 5.74) is 0. The summed E-state index contributed by atoms with van der Waals surface area (Å²) < 4.78 is 12.8. The van der Waals surface area contributed by atoms with Crippen LogP contribution in [0, 0.1) is 11.8 Å². The van der Waals surface area contributed by atoms with Crippen molar-refractivity contribution in [2.45, 2.75) is 100 Å². The van der Waals surface area contributed by atoms with E-state index in [9.17, 15) is 4.39 Å². The lowest BCUT2D eigenvalue weighted by Crippen LogP contribution is -2.22. The van der Waals surface area contributed by atoms with Gasteiger partial charge in [0.2, 0.25) is 0 Å². The van der Waals surface area contributed by atoms with E-state index < -0.39 is 15.0 Å². The molecule has 2 rings (SSSR count). The Morgan fingerprint density at radius 1 is 1.00 bits per heavy atom. The number of alkyl halides is 2. The summed E-state index contributed by atoms with van der Waals surface area (Å²) in [7, 11) is -0.464. The van der Waals surface area contributed by atoms with Crippen LogP contribution in [-0.4, -0.2) is 19.8 Å². The zero-order chi connectivity index (χ0) is 15.1. The SMILES string of the molecule is CC(F)CCC[SiH]1CCC(CCC2CCC(Br)CC2)CC1. The second kappa shape index (κ2) is 9.70. The van der Waals surface area contributed by atoms with Crippen LogP contribution in [0.5, 0.6) is 0 Å². The van der Waals surface area contributed by atoms with Gasteiger partial charge in [-0.25, -0.2) is 4.39 Å². The predicted octanol–water partition coefficient (Wildman–Crippen LogP) is 6.50. The molecule has 1 saturated heterocycles. The minimum atomic E-state index is -0.579. The summed E-state index contributed by atoms with van der Waals surface area (Å²) in [5.74, 6) is 2.07. The molecule has 2 fully saturated rings. The van der Waals surface area contributed by atoms with Crippen molar-refractivity contribution in [2.24, 2.45) is 11.8 Å². The van der Waals surface area contributed by atoms with E-state index in [4.69, 9.17) is 0 Å². The Hall–Kier alpha value is 0.627. The molecule has 0 nitrogen and oxygen atoms in total. The first-order valence-electron chi connectivity index (χ1n) is 9.41. The minimum Gasteiger partial charge on any atom is -0.248 e. The van der Waals surface area contributed by atoms with E-state index >= 15 is 0 Å². The molecule has 0 amide bonds. The van der Waals surface area contributed by atoms with E-state index in [1.165, 1.54) is 57.4 Å². The summed E-state index contributed by atoms with van der Waals surface area (Å²) in [5, 5.41) is 0. The van der Waals surface area contributed by atoms with Crippen molar-refractivity contribution in [3.63, 3.8) is 0 Å². The Bertz CT molecular complexity index is 268. The van der Waals surface area contributed by atoms with Crippen molar-refractivity contribution in [3.05, 3.63) is 0 Å². The summed E-state index contributed by atoms with van der Waals surface area (Å²) in [6.07, 6.45) is 13.1. The second-order valence-corrected chi connectivity index (χ2v) is 12.6. The molecule has 0 N–H and O–H groups in total. The average Bonchev–Trinajstić information content (AvgIpc) is 2.48. The van der Waals surface area contributed by atoms with Crippen molar-refractivity contribution in [1.29, 1.82) is 0 Å². The first kappa shape index (κ1) is 18.0. The van der Waals surface area contributed by atoms with E-state index in [2.05, 4.69) is 15.9 Å². The first-order valence-corrected chi connectivity index (χ1v) is 12.8. The maximum Gasteiger partial charge on any atom is 0.0973 e. The minimum absolute atomic E-state index is 0.464. The topological polar surface area (TPSA) is 0 Å². The summed E-state index contributed by atoms with van der Waals surface area (Å²) in [6.45, 7) is 1.71. The van der Waals surface area contributed by atoms with Crippen LogP contribution in [0.1, 0.15) is 71.1 Å². The van der Waals surface area contributed by atoms with Crippen molar-refractivity contribution in [2.75, 3.05) is 0 Å². The highest BCUT2D eigenvalue weighted by molar-refractivity contribution is 9.09. The molecule has 0 spiro atoms. The Kier molecular flexibility index (Phi) is 8.30. The van der Waals surface area contributed by atoms with Crippen LogP contribution < -0.4 is 0 Å². The van der Waals surface area contributed by atoms with Gasteiger partial charge in [-0.2, -0.15) is 0 Å². The third-order valence-corrected chi connectivity index (χ3v) is 10.4. The number of rotatable bonds is 7. The fourth-order valence-electron chi connectivity index (χ4n) is 4.38. The monoisotopic (exact) mass is 376 g/mol. The lowest BCUT2D eigenvalue weighted by molar-refractivity contribution is 0.304. The predicted molar refractivity (Wildman–Crippen MR) is 98.0 cm³/mol. The van der Waals surface area contributed by atoms with Crippen LogP contribution in [0.4, 0.5) is 4.39 Å². The first-order chi connectivity index (χ1) is 10.1. The van der Waals surface area contributed by atoms with Gasteiger partial charge in [0.05, 0.1) is 6.17 Å². The molecule has 0 aromatic carbocycles. The standard InChI is InChI=1S/C18H34BrFSi/c1-15(20)3-2-12-21-13-10-17(11-14-21)5-4-16-6-8-18(19)9-7-16/h15-18,21H,2-14H2,1H3. The third kappa shape index (κ3) is 7.15. The van der Waals surface area contributed by atoms with Gasteiger partial charge in [-0.05, 0) is 50.9 Å². The van der Waals surface area contributed by atoms with E-state index in [-0.39, 0.29) is 0 Å². The molecule has 3 heteroatoms. The summed E-state index contributed by atoms with van der Waals surface area (Å²) in [6, 6.07) is 4.52. The zero-order valence-electron chi connectivity index (χ0n) is 13.8. The summed E-state index contributed by atoms with van der Waals surface area (Å²) in [4.78, 5) is 0.808. The van der Waals surface area contributed by atoms with Crippen LogP contribution in [0.2, 0.25) is 18.1 Å². The van der Waals surface area contributed by atoms with Gasteiger partial charge in [0.25, 0.3) is 0 Å². The molecule has 124 valence electrons. The normalized spacial score (nSPS) is 35.6. The molecule has 0 bridgehead atoms. The van der Waals surface area contributed by atoms with Crippen LogP contribution in [0.3, 0.4) is 0 Å². The van der Waals surface area contributed by atoms with Crippen LogP contribution in [-0.2, 0) is 0 Å². The highest BCUT2D eigenvalue weighted by atomic mass is 79.9. The lowest BCUT2D eigenvalue weighted by Gasteiger charge is -2.30. The van der Waals surface area contributed by atoms with Gasteiger partial charge in [0, 0.05) is 13.6 Å². The van der Waals surface area contributed by atoms with Crippen LogP contribution >= 0.6 is 15.9 Å². The van der Waals surface area contributed by atoms with Gasteiger partial charge in [-0.15, -0.1) is 0 Å². The molecule has 1 unspecified atom stereocenters. The molecular formula is C18H34BrFSi. The third-order valence-electron chi connectivity index (χ3n) is 5.94. The zero-order valence-corrected chi connectivity index (χ0v) is 16.6. The molecule has 1 atom stereocenters. The molecule has 1 aliphatic carbocycles. The Morgan fingerprint density at radius 2 is 1.57 bits per heavy atom. The van der Waals surface area contributed by atoms with Gasteiger partial charge in [0.15, 0.2) is 0 Å². The molecule has 0 aromatic rings. The molecule has 0 aromatic heterocycles. The van der Waals surface area contributed by atoms with Crippen LogP contribution in [0.15, 0.2) is 0 Å². The number of hydrogen-bond acceptors (Lipinski definition) is 0. The van der Waals surface area contributed by atoms with Crippen molar-refractivity contribution < 1.29 is 4.39 Å². The number of halogens is 2. The fourth-order valence-corrected chi connectivity index (χ4v) is 8.47. The molecule has 1 saturated carbocycles. The van der Waals surface area contributed by atoms with E-state index in [0.717, 1.165) is 29.5 Å². The lowest BCUT2D eigenvalue weighted by atomic mass is 9.83. The van der Waals surface area contributed by atoms with Gasteiger partial charge in [0.1, 0.15) is 0 Å². The highest BCUT2D eigenvalue weighted by Crippen LogP contribution is 2.36. The maximum absolute atomic E-state index is 12.8. The van der Waals surface area contributed by atoms with Crippen molar-refractivity contribution >= 4 is 24.7 Å². The second-order valence-electron chi connectivity index (χ2n) is 7.79. The van der Waals surface area contributed by atoms with E-state index in [0.29, 0.717) is 0 Å². The molecular weight excluding hydrogens is 343 g/mol. The quantitative estimate of drug-likeness (QED) is 0.351. The highest BCUT2D eigenvalue weighted by Gasteiger charge is 2.24. The smallest absolute Gasteiger partial charge is 0.0973 e. The fraction of sp³-hybridized carbons (Fsp3) is 1.00. The molecule has 1 aliphatic heterocycles. The van der Waals surface area contributed by atoms with Crippen molar-refractivity contribution in [3.8, 4) is 0 Å². The molecule has 2 aliphatic rings. The van der Waals surface area contributed by atoms with Gasteiger partial charge in [-0.1, -0.05) is 66.2 Å². The maximum atomic E-state index is 12.8. The average molecular weight is 377 g/mol. The van der Waals surface area contributed by atoms with Gasteiger partial charge < -0.3 is 0 Å². The van der Waals surface area contributed by atoms with E-state index in [1.54, 1.807) is 19.0 Å².